The summed E-state index contributed by atoms with van der Waals surface area (Å²) in [5, 5.41) is 7.04. The van der Waals surface area contributed by atoms with Gasteiger partial charge in [-0.05, 0) is 44.7 Å². The van der Waals surface area contributed by atoms with Gasteiger partial charge in [0.2, 0.25) is 0 Å². The summed E-state index contributed by atoms with van der Waals surface area (Å²) in [4.78, 5) is 0. The summed E-state index contributed by atoms with van der Waals surface area (Å²) < 4.78 is 0. The number of piperidine rings is 1. The van der Waals surface area contributed by atoms with E-state index in [0.29, 0.717) is 0 Å². The van der Waals surface area contributed by atoms with Crippen molar-refractivity contribution in [2.24, 2.45) is 5.92 Å². The monoisotopic (exact) mass is 154 g/mol. The fraction of sp³-hybridized carbons (Fsp3) is 1.00. The molecule has 0 spiro atoms. The third-order valence-corrected chi connectivity index (χ3v) is 2.69. The van der Waals surface area contributed by atoms with Crippen LogP contribution in [0.15, 0.2) is 0 Å². The van der Waals surface area contributed by atoms with Gasteiger partial charge in [0.15, 0.2) is 0 Å². The first-order valence-electron chi connectivity index (χ1n) is 4.89. The Hall–Kier alpha value is -0.0800. The molecule has 0 unspecified atom stereocenters. The molecule has 2 fully saturated rings. The van der Waals surface area contributed by atoms with Crippen LogP contribution in [0.4, 0.5) is 0 Å². The molecule has 2 N–H and O–H groups in total. The van der Waals surface area contributed by atoms with Crippen molar-refractivity contribution >= 4 is 0 Å². The second-order valence-electron chi connectivity index (χ2n) is 3.89. The molecule has 0 aromatic rings. The molecule has 2 heteroatoms. The fourth-order valence-corrected chi connectivity index (χ4v) is 1.68. The van der Waals surface area contributed by atoms with Crippen LogP contribution in [0.25, 0.3) is 0 Å². The van der Waals surface area contributed by atoms with E-state index >= 15 is 0 Å². The van der Waals surface area contributed by atoms with Crippen LogP contribution in [0, 0.1) is 5.92 Å². The minimum atomic E-state index is 0.768. The summed E-state index contributed by atoms with van der Waals surface area (Å²) in [6.07, 6.45) is 5.66. The molecule has 2 nitrogen and oxygen atoms in total. The van der Waals surface area contributed by atoms with E-state index in [1.165, 1.54) is 45.3 Å². The van der Waals surface area contributed by atoms with Crippen molar-refractivity contribution < 1.29 is 0 Å². The van der Waals surface area contributed by atoms with Crippen molar-refractivity contribution in [3.63, 3.8) is 0 Å². The van der Waals surface area contributed by atoms with Crippen LogP contribution in [0.1, 0.15) is 25.7 Å². The molecule has 2 rings (SSSR count). The molecule has 1 aliphatic carbocycles. The SMILES string of the molecule is C1CNC[C@H](NCC2CC2)C1. The molecule has 1 saturated heterocycles. The molecule has 1 atom stereocenters. The predicted molar refractivity (Wildman–Crippen MR) is 46.6 cm³/mol. The van der Waals surface area contributed by atoms with E-state index in [1.54, 1.807) is 0 Å². The maximum absolute atomic E-state index is 3.62. The zero-order valence-corrected chi connectivity index (χ0v) is 7.10. The van der Waals surface area contributed by atoms with E-state index in [0.717, 1.165) is 12.0 Å². The average molecular weight is 154 g/mol. The molecule has 0 aromatic heterocycles. The lowest BCUT2D eigenvalue weighted by atomic mass is 10.1. The highest BCUT2D eigenvalue weighted by atomic mass is 15.0. The molecule has 1 aliphatic heterocycles. The Balaban J connectivity index is 1.59. The fourth-order valence-electron chi connectivity index (χ4n) is 1.68. The van der Waals surface area contributed by atoms with Crippen molar-refractivity contribution in [1.29, 1.82) is 0 Å². The Morgan fingerprint density at radius 1 is 1.27 bits per heavy atom. The van der Waals surface area contributed by atoms with Crippen molar-refractivity contribution in [3.05, 3.63) is 0 Å². The average Bonchev–Trinajstić information content (AvgIpc) is 2.86. The van der Waals surface area contributed by atoms with Crippen LogP contribution in [0.2, 0.25) is 0 Å². The van der Waals surface area contributed by atoms with E-state index in [4.69, 9.17) is 0 Å². The summed E-state index contributed by atoms with van der Waals surface area (Å²) in [5.41, 5.74) is 0. The maximum atomic E-state index is 3.62. The van der Waals surface area contributed by atoms with Crippen molar-refractivity contribution in [2.75, 3.05) is 19.6 Å². The summed E-state index contributed by atoms with van der Waals surface area (Å²) >= 11 is 0. The van der Waals surface area contributed by atoms with Gasteiger partial charge in [0, 0.05) is 12.6 Å². The van der Waals surface area contributed by atoms with Crippen molar-refractivity contribution in [3.8, 4) is 0 Å². The van der Waals surface area contributed by atoms with E-state index in [9.17, 15) is 0 Å². The molecule has 0 radical (unpaired) electrons. The van der Waals surface area contributed by atoms with E-state index in [-0.39, 0.29) is 0 Å². The lowest BCUT2D eigenvalue weighted by Gasteiger charge is -2.23. The van der Waals surface area contributed by atoms with E-state index in [1.807, 2.05) is 0 Å². The summed E-state index contributed by atoms with van der Waals surface area (Å²) in [7, 11) is 0. The molecular formula is C9H18N2. The highest BCUT2D eigenvalue weighted by Gasteiger charge is 2.22. The lowest BCUT2D eigenvalue weighted by molar-refractivity contribution is 0.385. The van der Waals surface area contributed by atoms with Gasteiger partial charge in [0.1, 0.15) is 0 Å². The molecule has 11 heavy (non-hydrogen) atoms. The Kier molecular flexibility index (Phi) is 2.44. The van der Waals surface area contributed by atoms with Crippen molar-refractivity contribution in [2.45, 2.75) is 31.7 Å². The molecule has 1 saturated carbocycles. The molecule has 1 heterocycles. The standard InChI is InChI=1S/C9H18N2/c1-2-9(7-10-5-1)11-6-8-3-4-8/h8-11H,1-7H2/t9-/m1/s1. The number of hydrogen-bond donors (Lipinski definition) is 2. The van der Waals surface area contributed by atoms with Gasteiger partial charge in [-0.2, -0.15) is 0 Å². The van der Waals surface area contributed by atoms with Gasteiger partial charge in [0.25, 0.3) is 0 Å². The van der Waals surface area contributed by atoms with E-state index < -0.39 is 0 Å². The molecule has 0 bridgehead atoms. The normalized spacial score (nSPS) is 32.2. The minimum absolute atomic E-state index is 0.768. The Morgan fingerprint density at radius 2 is 2.18 bits per heavy atom. The van der Waals surface area contributed by atoms with Gasteiger partial charge in [-0.25, -0.2) is 0 Å². The number of nitrogens with one attached hydrogen (secondary N) is 2. The topological polar surface area (TPSA) is 24.1 Å². The Bertz CT molecular complexity index is 115. The molecular weight excluding hydrogens is 136 g/mol. The van der Waals surface area contributed by atoms with Gasteiger partial charge >= 0.3 is 0 Å². The predicted octanol–water partition coefficient (Wildman–Crippen LogP) is 0.738. The van der Waals surface area contributed by atoms with Crippen LogP contribution < -0.4 is 10.6 Å². The second kappa shape index (κ2) is 3.55. The Labute approximate surface area is 68.7 Å². The second-order valence-corrected chi connectivity index (χ2v) is 3.89. The summed E-state index contributed by atoms with van der Waals surface area (Å²) in [6.45, 7) is 3.68. The first-order chi connectivity index (χ1) is 5.45. The van der Waals surface area contributed by atoms with Gasteiger partial charge in [-0.15, -0.1) is 0 Å². The zero-order valence-electron chi connectivity index (χ0n) is 7.10. The highest BCUT2D eigenvalue weighted by Crippen LogP contribution is 2.27. The number of rotatable bonds is 3. The van der Waals surface area contributed by atoms with Crippen LogP contribution in [-0.2, 0) is 0 Å². The first-order valence-corrected chi connectivity index (χ1v) is 4.89. The summed E-state index contributed by atoms with van der Waals surface area (Å²) in [5.74, 6) is 1.02. The smallest absolute Gasteiger partial charge is 0.0193 e. The Morgan fingerprint density at radius 3 is 2.82 bits per heavy atom. The largest absolute Gasteiger partial charge is 0.315 e. The zero-order chi connectivity index (χ0) is 7.52. The minimum Gasteiger partial charge on any atom is -0.315 e. The van der Waals surface area contributed by atoms with Crippen LogP contribution in [0.5, 0.6) is 0 Å². The van der Waals surface area contributed by atoms with Crippen LogP contribution >= 0.6 is 0 Å². The third kappa shape index (κ3) is 2.46. The highest BCUT2D eigenvalue weighted by molar-refractivity contribution is 4.80. The van der Waals surface area contributed by atoms with Gasteiger partial charge < -0.3 is 10.6 Å². The summed E-state index contributed by atoms with van der Waals surface area (Å²) in [6, 6.07) is 0.768. The lowest BCUT2D eigenvalue weighted by Crippen LogP contribution is -2.43. The number of hydrogen-bond acceptors (Lipinski definition) is 2. The van der Waals surface area contributed by atoms with Crippen LogP contribution in [-0.4, -0.2) is 25.7 Å². The maximum Gasteiger partial charge on any atom is 0.0193 e. The molecule has 2 aliphatic rings. The molecule has 0 amide bonds. The van der Waals surface area contributed by atoms with Gasteiger partial charge in [-0.3, -0.25) is 0 Å². The first kappa shape index (κ1) is 7.56. The molecule has 0 aromatic carbocycles. The van der Waals surface area contributed by atoms with Gasteiger partial charge in [0.05, 0.1) is 0 Å². The third-order valence-electron chi connectivity index (χ3n) is 2.69. The quantitative estimate of drug-likeness (QED) is 0.626. The molecule has 64 valence electrons. The van der Waals surface area contributed by atoms with E-state index in [2.05, 4.69) is 10.6 Å². The van der Waals surface area contributed by atoms with Crippen molar-refractivity contribution in [1.82, 2.24) is 10.6 Å². The van der Waals surface area contributed by atoms with Gasteiger partial charge in [-0.1, -0.05) is 0 Å². The van der Waals surface area contributed by atoms with Crippen LogP contribution in [0.3, 0.4) is 0 Å².